The Labute approximate surface area is 111 Å². The Kier molecular flexibility index (Phi) is 4.57. The minimum Gasteiger partial charge on any atom is -0.324 e. The van der Waals surface area contributed by atoms with E-state index in [1.54, 1.807) is 12.1 Å². The van der Waals surface area contributed by atoms with Gasteiger partial charge in [-0.05, 0) is 37.0 Å². The molecule has 1 aliphatic carbocycles. The minimum absolute atomic E-state index is 0.173. The summed E-state index contributed by atoms with van der Waals surface area (Å²) in [4.78, 5) is 0. The van der Waals surface area contributed by atoms with Crippen LogP contribution in [0.3, 0.4) is 0 Å². The molecule has 0 aliphatic heterocycles. The summed E-state index contributed by atoms with van der Waals surface area (Å²) in [5, 5.41) is 0. The van der Waals surface area contributed by atoms with Crippen LogP contribution in [0.4, 0.5) is 4.39 Å². The van der Waals surface area contributed by atoms with Gasteiger partial charge >= 0.3 is 0 Å². The number of nitrogens with two attached hydrogens (primary N) is 1. The molecule has 0 amide bonds. The van der Waals surface area contributed by atoms with Crippen molar-refractivity contribution in [2.75, 3.05) is 0 Å². The Hall–Kier alpha value is -0.410. The first-order valence-corrected chi connectivity index (χ1v) is 7.16. The average molecular weight is 300 g/mol. The Balaban J connectivity index is 1.93. The lowest BCUT2D eigenvalue weighted by Gasteiger charge is -2.16. The summed E-state index contributed by atoms with van der Waals surface area (Å²) >= 11 is 3.36. The summed E-state index contributed by atoms with van der Waals surface area (Å²) in [5.41, 5.74) is 6.72. The molecule has 0 spiro atoms. The largest absolute Gasteiger partial charge is 0.324 e. The van der Waals surface area contributed by atoms with Crippen LogP contribution in [0.15, 0.2) is 22.7 Å². The van der Waals surface area contributed by atoms with Crippen molar-refractivity contribution >= 4 is 15.9 Å². The summed E-state index contributed by atoms with van der Waals surface area (Å²) in [5.74, 6) is 0.628. The normalized spacial score (nSPS) is 18.5. The summed E-state index contributed by atoms with van der Waals surface area (Å²) in [6.45, 7) is 0. The highest BCUT2D eigenvalue weighted by molar-refractivity contribution is 9.10. The van der Waals surface area contributed by atoms with Gasteiger partial charge in [-0.3, -0.25) is 0 Å². The van der Waals surface area contributed by atoms with E-state index in [0.29, 0.717) is 5.56 Å². The molecule has 0 aromatic heterocycles. The van der Waals surface area contributed by atoms with E-state index in [9.17, 15) is 4.39 Å². The molecule has 1 nitrogen and oxygen atoms in total. The predicted octanol–water partition coefficient (Wildman–Crippen LogP) is 4.56. The van der Waals surface area contributed by atoms with Gasteiger partial charge in [0.05, 0.1) is 0 Å². The molecule has 17 heavy (non-hydrogen) atoms. The highest BCUT2D eigenvalue weighted by Crippen LogP contribution is 2.31. The summed E-state index contributed by atoms with van der Waals surface area (Å²) in [6.07, 6.45) is 7.38. The van der Waals surface area contributed by atoms with Crippen molar-refractivity contribution in [2.45, 2.75) is 44.6 Å². The number of benzene rings is 1. The highest BCUT2D eigenvalue weighted by atomic mass is 79.9. The van der Waals surface area contributed by atoms with Crippen molar-refractivity contribution in [1.82, 2.24) is 0 Å². The summed E-state index contributed by atoms with van der Waals surface area (Å²) < 4.78 is 14.5. The van der Waals surface area contributed by atoms with E-state index in [2.05, 4.69) is 15.9 Å². The molecule has 1 unspecified atom stereocenters. The molecule has 1 aromatic rings. The Morgan fingerprint density at radius 3 is 2.76 bits per heavy atom. The third kappa shape index (κ3) is 3.52. The van der Waals surface area contributed by atoms with Crippen LogP contribution in [-0.4, -0.2) is 0 Å². The van der Waals surface area contributed by atoms with Gasteiger partial charge < -0.3 is 5.73 Å². The van der Waals surface area contributed by atoms with Gasteiger partial charge in [-0.25, -0.2) is 4.39 Å². The van der Waals surface area contributed by atoms with Gasteiger partial charge in [0.1, 0.15) is 5.82 Å². The molecule has 0 heterocycles. The molecule has 1 aromatic carbocycles. The lowest BCUT2D eigenvalue weighted by molar-refractivity contribution is 0.446. The highest BCUT2D eigenvalue weighted by Gasteiger charge is 2.18. The van der Waals surface area contributed by atoms with Gasteiger partial charge in [0, 0.05) is 16.1 Å². The van der Waals surface area contributed by atoms with Crippen molar-refractivity contribution in [3.63, 3.8) is 0 Å². The fourth-order valence-electron chi connectivity index (χ4n) is 2.67. The van der Waals surface area contributed by atoms with Gasteiger partial charge in [-0.1, -0.05) is 41.6 Å². The van der Waals surface area contributed by atoms with E-state index < -0.39 is 0 Å². The number of halogens is 2. The first-order valence-electron chi connectivity index (χ1n) is 6.37. The zero-order valence-corrected chi connectivity index (χ0v) is 11.5. The Morgan fingerprint density at radius 2 is 2.06 bits per heavy atom. The van der Waals surface area contributed by atoms with E-state index >= 15 is 0 Å². The maximum absolute atomic E-state index is 13.6. The third-order valence-corrected chi connectivity index (χ3v) is 4.21. The first-order chi connectivity index (χ1) is 8.16. The number of hydrogen-bond acceptors (Lipinski definition) is 1. The molecule has 0 bridgehead atoms. The van der Waals surface area contributed by atoms with Gasteiger partial charge in [0.15, 0.2) is 0 Å². The Morgan fingerprint density at radius 1 is 1.35 bits per heavy atom. The summed E-state index contributed by atoms with van der Waals surface area (Å²) in [6, 6.07) is 4.82. The SMILES string of the molecule is NC(CCC1CCCC1)c1cc(Br)ccc1F. The van der Waals surface area contributed by atoms with Crippen LogP contribution in [0.5, 0.6) is 0 Å². The zero-order valence-electron chi connectivity index (χ0n) is 9.96. The fraction of sp³-hybridized carbons (Fsp3) is 0.571. The van der Waals surface area contributed by atoms with Crippen LogP contribution in [0.1, 0.15) is 50.1 Å². The Bertz CT molecular complexity index is 374. The van der Waals surface area contributed by atoms with Crippen molar-refractivity contribution < 1.29 is 4.39 Å². The van der Waals surface area contributed by atoms with Crippen LogP contribution in [0.2, 0.25) is 0 Å². The smallest absolute Gasteiger partial charge is 0.128 e. The van der Waals surface area contributed by atoms with Gasteiger partial charge in [0.25, 0.3) is 0 Å². The molecule has 94 valence electrons. The summed E-state index contributed by atoms with van der Waals surface area (Å²) in [7, 11) is 0. The van der Waals surface area contributed by atoms with Crippen LogP contribution >= 0.6 is 15.9 Å². The second-order valence-electron chi connectivity index (χ2n) is 5.00. The molecule has 0 saturated heterocycles. The van der Waals surface area contributed by atoms with Crippen molar-refractivity contribution in [2.24, 2.45) is 11.7 Å². The molecular formula is C14H19BrFN. The predicted molar refractivity (Wildman–Crippen MR) is 72.2 cm³/mol. The van der Waals surface area contributed by atoms with Gasteiger partial charge in [0.2, 0.25) is 0 Å². The van der Waals surface area contributed by atoms with Crippen LogP contribution < -0.4 is 5.73 Å². The van der Waals surface area contributed by atoms with E-state index in [0.717, 1.165) is 23.2 Å². The second kappa shape index (κ2) is 5.96. The topological polar surface area (TPSA) is 26.0 Å². The quantitative estimate of drug-likeness (QED) is 0.866. The lowest BCUT2D eigenvalue weighted by Crippen LogP contribution is -2.13. The molecule has 2 N–H and O–H groups in total. The minimum atomic E-state index is -0.188. The van der Waals surface area contributed by atoms with E-state index in [1.807, 2.05) is 0 Å². The molecule has 1 atom stereocenters. The van der Waals surface area contributed by atoms with Crippen LogP contribution in [0, 0.1) is 11.7 Å². The van der Waals surface area contributed by atoms with Crippen molar-refractivity contribution in [3.8, 4) is 0 Å². The maximum Gasteiger partial charge on any atom is 0.128 e. The molecule has 0 radical (unpaired) electrons. The van der Waals surface area contributed by atoms with Gasteiger partial charge in [-0.15, -0.1) is 0 Å². The molecule has 1 fully saturated rings. The van der Waals surface area contributed by atoms with Crippen molar-refractivity contribution in [3.05, 3.63) is 34.1 Å². The zero-order chi connectivity index (χ0) is 12.3. The maximum atomic E-state index is 13.6. The van der Waals surface area contributed by atoms with Crippen LogP contribution in [-0.2, 0) is 0 Å². The standard InChI is InChI=1S/C14H19BrFN/c15-11-6-7-13(16)12(9-11)14(17)8-5-10-3-1-2-4-10/h6-7,9-10,14H,1-5,8,17H2. The van der Waals surface area contributed by atoms with E-state index in [-0.39, 0.29) is 11.9 Å². The van der Waals surface area contributed by atoms with Gasteiger partial charge in [-0.2, -0.15) is 0 Å². The molecule has 2 rings (SSSR count). The number of rotatable bonds is 4. The molecular weight excluding hydrogens is 281 g/mol. The molecule has 1 aliphatic rings. The monoisotopic (exact) mass is 299 g/mol. The number of hydrogen-bond donors (Lipinski definition) is 1. The first kappa shape index (κ1) is 13.0. The molecule has 3 heteroatoms. The van der Waals surface area contributed by atoms with E-state index in [4.69, 9.17) is 5.73 Å². The third-order valence-electron chi connectivity index (χ3n) is 3.72. The molecule has 1 saturated carbocycles. The fourth-order valence-corrected chi connectivity index (χ4v) is 3.05. The lowest BCUT2D eigenvalue weighted by atomic mass is 9.95. The van der Waals surface area contributed by atoms with Crippen molar-refractivity contribution in [1.29, 1.82) is 0 Å². The van der Waals surface area contributed by atoms with E-state index in [1.165, 1.54) is 31.7 Å². The van der Waals surface area contributed by atoms with Crippen LogP contribution in [0.25, 0.3) is 0 Å². The average Bonchev–Trinajstić information content (AvgIpc) is 2.82. The second-order valence-corrected chi connectivity index (χ2v) is 5.92.